The molecule has 0 radical (unpaired) electrons. The first-order chi connectivity index (χ1) is 11.0. The molecule has 5 nitrogen and oxygen atoms in total. The summed E-state index contributed by atoms with van der Waals surface area (Å²) in [5, 5.41) is 4.30. The molecule has 0 saturated carbocycles. The van der Waals surface area contributed by atoms with Gasteiger partial charge in [0, 0.05) is 35.0 Å². The molecule has 1 aliphatic heterocycles. The van der Waals surface area contributed by atoms with Gasteiger partial charge in [0.15, 0.2) is 5.65 Å². The molecule has 84 valence electrons. The molecular weight excluding hydrogens is 270 g/mol. The van der Waals surface area contributed by atoms with E-state index in [1.54, 1.807) is 0 Å². The molecule has 0 unspecified atom stereocenters. The zero-order valence-corrected chi connectivity index (χ0v) is 9.61. The van der Waals surface area contributed by atoms with Crippen molar-refractivity contribution >= 4 is 27.4 Å². The molecule has 0 spiro atoms. The topological polar surface area (TPSA) is 45.5 Å². The Morgan fingerprint density at radius 2 is 2.62 bits per heavy atom. The van der Waals surface area contributed by atoms with E-state index < -0.39 is 19.0 Å². The van der Waals surface area contributed by atoms with E-state index in [1.165, 1.54) is 0 Å². The van der Waals surface area contributed by atoms with Gasteiger partial charge in [-0.1, -0.05) is 0 Å². The summed E-state index contributed by atoms with van der Waals surface area (Å²) >= 11 is 3.13. The van der Waals surface area contributed by atoms with Gasteiger partial charge >= 0.3 is 0 Å². The molecular formula is C10H12BrN5. The Balaban J connectivity index is 2.22. The van der Waals surface area contributed by atoms with Crippen molar-refractivity contribution in [2.24, 2.45) is 0 Å². The van der Waals surface area contributed by atoms with Gasteiger partial charge in [0.1, 0.15) is 7.23 Å². The van der Waals surface area contributed by atoms with E-state index >= 15 is 0 Å². The summed E-state index contributed by atoms with van der Waals surface area (Å²) in [6.07, 6.45) is -0.569. The fraction of sp³-hybridized carbons (Fsp3) is 0.400. The lowest BCUT2D eigenvalue weighted by molar-refractivity contribution is 0.585. The minimum Gasteiger partial charge on any atom is -0.354 e. The number of anilines is 1. The minimum atomic E-state index is -2.64. The van der Waals surface area contributed by atoms with Crippen molar-refractivity contribution in [1.29, 1.82) is 0 Å². The maximum atomic E-state index is 8.09. The number of hydrogen-bond donors (Lipinski definition) is 1. The lowest BCUT2D eigenvalue weighted by atomic mass is 10.3. The quantitative estimate of drug-likeness (QED) is 0.847. The standard InChI is InChI=1S/C10H12BrN5/c11-8-7-13-16-4-1-9(14-10(8)16)15-5-2-12-3-6-15/h1,4,7,12H,2-3,5-6H2/i1D,2D2,4D,5D2,7D/hD. The molecule has 1 saturated heterocycles. The van der Waals surface area contributed by atoms with E-state index in [0.717, 1.165) is 9.42 Å². The minimum absolute atomic E-state index is 0.0701. The average Bonchev–Trinajstić information content (AvgIpc) is 2.78. The Kier molecular flexibility index (Phi) is 1.16. The SMILES string of the molecule is [2H]c1nn2c([2H])c([2H])c(N3CCN([2H])C([2H])([2H])C3([2H])[2H])nc2c1Br. The van der Waals surface area contributed by atoms with Gasteiger partial charge in [-0.25, -0.2) is 9.50 Å². The fourth-order valence-electron chi connectivity index (χ4n) is 1.33. The van der Waals surface area contributed by atoms with Gasteiger partial charge in [0.2, 0.25) is 0 Å². The van der Waals surface area contributed by atoms with Gasteiger partial charge in [-0.2, -0.15) is 5.10 Å². The number of hydrogen-bond acceptors (Lipinski definition) is 4. The van der Waals surface area contributed by atoms with E-state index in [4.69, 9.17) is 11.0 Å². The van der Waals surface area contributed by atoms with Crippen molar-refractivity contribution in [3.63, 3.8) is 0 Å². The van der Waals surface area contributed by atoms with E-state index in [9.17, 15) is 0 Å². The largest absolute Gasteiger partial charge is 0.354 e. The molecule has 1 aliphatic rings. The second-order valence-electron chi connectivity index (χ2n) is 3.09. The number of piperazine rings is 1. The van der Waals surface area contributed by atoms with E-state index in [0.29, 0.717) is 5.31 Å². The van der Waals surface area contributed by atoms with Crippen LogP contribution in [0.15, 0.2) is 22.9 Å². The third kappa shape index (κ3) is 1.68. The lowest BCUT2D eigenvalue weighted by Crippen LogP contribution is -2.43. The van der Waals surface area contributed by atoms with Gasteiger partial charge in [-0.15, -0.1) is 0 Å². The third-order valence-corrected chi connectivity index (χ3v) is 2.62. The van der Waals surface area contributed by atoms with Crippen LogP contribution in [-0.4, -0.2) is 40.7 Å². The van der Waals surface area contributed by atoms with Crippen LogP contribution in [-0.2, 0) is 0 Å². The number of aromatic nitrogens is 3. The first-order valence-electron chi connectivity index (χ1n) is 8.51. The van der Waals surface area contributed by atoms with Gasteiger partial charge in [-0.3, -0.25) is 0 Å². The Hall–Kier alpha value is -1.14. The monoisotopic (exact) mass is 289 g/mol. The van der Waals surface area contributed by atoms with Gasteiger partial charge in [0.05, 0.1) is 17.5 Å². The van der Waals surface area contributed by atoms with Gasteiger partial charge < -0.3 is 10.2 Å². The molecule has 0 amide bonds. The summed E-state index contributed by atoms with van der Waals surface area (Å²) in [7, 11) is 0. The molecule has 0 bridgehead atoms. The predicted molar refractivity (Wildman–Crippen MR) is 65.8 cm³/mol. The molecule has 1 fully saturated rings. The highest BCUT2D eigenvalue weighted by atomic mass is 79.9. The van der Waals surface area contributed by atoms with Crippen LogP contribution < -0.4 is 10.2 Å². The molecule has 0 atom stereocenters. The Morgan fingerprint density at radius 1 is 1.69 bits per heavy atom. The zero-order valence-electron chi connectivity index (χ0n) is 16.0. The summed E-state index contributed by atoms with van der Waals surface area (Å²) in [5.41, 5.74) is 0.0701. The molecule has 3 heterocycles. The van der Waals surface area contributed by atoms with Crippen molar-refractivity contribution in [3.8, 4) is 0 Å². The normalized spacial score (nSPS) is 31.7. The number of fused-ring (bicyclic) bond motifs is 1. The second-order valence-corrected chi connectivity index (χ2v) is 3.88. The molecule has 1 N–H and O–H groups in total. The van der Waals surface area contributed by atoms with Crippen LogP contribution in [0.5, 0.6) is 0 Å². The molecule has 2 aromatic rings. The Labute approximate surface area is 113 Å². The average molecular weight is 290 g/mol. The maximum Gasteiger partial charge on any atom is 0.171 e. The molecule has 0 aliphatic carbocycles. The van der Waals surface area contributed by atoms with Crippen LogP contribution in [0.3, 0.4) is 0 Å². The van der Waals surface area contributed by atoms with Crippen LogP contribution in [0, 0.1) is 0 Å². The first kappa shape index (κ1) is 4.62. The van der Waals surface area contributed by atoms with Crippen molar-refractivity contribution in [3.05, 3.63) is 22.9 Å². The van der Waals surface area contributed by atoms with Crippen molar-refractivity contribution < 1.29 is 11.0 Å². The van der Waals surface area contributed by atoms with Crippen LogP contribution in [0.1, 0.15) is 9.60 Å². The summed E-state index contributed by atoms with van der Waals surface area (Å²) in [4.78, 5) is 5.08. The van der Waals surface area contributed by atoms with E-state index in [-0.39, 0.29) is 41.4 Å². The third-order valence-electron chi connectivity index (χ3n) is 2.09. The molecule has 16 heavy (non-hydrogen) atoms. The zero-order chi connectivity index (χ0) is 18.0. The highest BCUT2D eigenvalue weighted by Crippen LogP contribution is 2.19. The number of rotatable bonds is 1. The first-order valence-corrected chi connectivity index (χ1v) is 5.35. The Bertz CT molecular complexity index is 823. The highest BCUT2D eigenvalue weighted by Gasteiger charge is 2.12. The van der Waals surface area contributed by atoms with Gasteiger partial charge in [0.25, 0.3) is 0 Å². The maximum absolute atomic E-state index is 8.09. The fourth-order valence-corrected chi connectivity index (χ4v) is 1.67. The van der Waals surface area contributed by atoms with Crippen molar-refractivity contribution in [1.82, 2.24) is 19.9 Å². The smallest absolute Gasteiger partial charge is 0.171 e. The number of nitrogens with one attached hydrogen (secondary N) is 1. The summed E-state index contributed by atoms with van der Waals surface area (Å²) in [6.45, 7) is -5.46. The van der Waals surface area contributed by atoms with E-state index in [2.05, 4.69) is 26.0 Å². The van der Waals surface area contributed by atoms with Crippen molar-refractivity contribution in [2.75, 3.05) is 31.0 Å². The van der Waals surface area contributed by atoms with Crippen LogP contribution in [0.2, 0.25) is 1.41 Å². The second kappa shape index (κ2) is 4.03. The Morgan fingerprint density at radius 3 is 3.56 bits per heavy atom. The van der Waals surface area contributed by atoms with Crippen LogP contribution >= 0.6 is 15.9 Å². The van der Waals surface area contributed by atoms with E-state index in [1.807, 2.05) is 0 Å². The lowest BCUT2D eigenvalue weighted by Gasteiger charge is -2.28. The number of nitrogens with zero attached hydrogens (tertiary/aromatic N) is 4. The summed E-state index contributed by atoms with van der Waals surface area (Å²) in [6, 6.07) is -0.435. The molecule has 2 aromatic heterocycles. The number of halogens is 1. The molecule has 3 rings (SSSR count). The van der Waals surface area contributed by atoms with Gasteiger partial charge in [-0.05, 0) is 22.0 Å². The summed E-state index contributed by atoms with van der Waals surface area (Å²) in [5.74, 6) is -0.227. The van der Waals surface area contributed by atoms with Crippen molar-refractivity contribution in [2.45, 2.75) is 0 Å². The molecule has 6 heteroatoms. The highest BCUT2D eigenvalue weighted by molar-refractivity contribution is 9.10. The predicted octanol–water partition coefficient (Wildman–Crippen LogP) is 0.901. The van der Waals surface area contributed by atoms with Crippen LogP contribution in [0.25, 0.3) is 5.65 Å². The van der Waals surface area contributed by atoms with Crippen LogP contribution in [0.4, 0.5) is 5.82 Å². The summed E-state index contributed by atoms with van der Waals surface area (Å²) < 4.78 is 64.4. The molecule has 0 aromatic carbocycles.